The lowest BCUT2D eigenvalue weighted by atomic mass is 10.1. The van der Waals surface area contributed by atoms with E-state index in [4.69, 9.17) is 9.47 Å². The van der Waals surface area contributed by atoms with E-state index >= 15 is 4.39 Å². The third kappa shape index (κ3) is 9.60. The number of rotatable bonds is 10. The third-order valence-corrected chi connectivity index (χ3v) is 6.39. The van der Waals surface area contributed by atoms with Gasteiger partial charge in [0.15, 0.2) is 11.5 Å². The number of likely N-dealkylation sites (N-methyl/N-ethyl adjacent to an activating group) is 1. The average Bonchev–Trinajstić information content (AvgIpc) is 2.89. The van der Waals surface area contributed by atoms with Crippen molar-refractivity contribution in [2.24, 2.45) is 0 Å². The molecule has 0 radical (unpaired) electrons. The first-order valence-electron chi connectivity index (χ1n) is 14.5. The first-order chi connectivity index (χ1) is 21.2. The molecule has 1 unspecified atom stereocenters. The monoisotopic (exact) mass is 648 g/mol. The van der Waals surface area contributed by atoms with Crippen molar-refractivity contribution >= 4 is 47.0 Å². The van der Waals surface area contributed by atoms with Crippen molar-refractivity contribution in [3.8, 4) is 0 Å². The minimum atomic E-state index is -1.71. The first-order valence-corrected chi connectivity index (χ1v) is 14.5. The number of β-amino-alcohol motifs (C(OH)–C–C–N with tert-alkyl or cyclic N) is 1. The molecule has 0 spiro atoms. The third-order valence-electron chi connectivity index (χ3n) is 6.39. The van der Waals surface area contributed by atoms with E-state index in [1.54, 1.807) is 41.5 Å². The molecule has 6 N–H and O–H groups in total. The molecule has 17 heteroatoms. The molecule has 1 aliphatic heterocycles. The summed E-state index contributed by atoms with van der Waals surface area (Å²) in [6, 6.07) is 1.15. The Hall–Kier alpha value is -4.80. The van der Waals surface area contributed by atoms with Gasteiger partial charge in [-0.3, -0.25) is 29.5 Å². The van der Waals surface area contributed by atoms with Gasteiger partial charge in [0, 0.05) is 20.4 Å². The summed E-state index contributed by atoms with van der Waals surface area (Å²) in [5.41, 5.74) is -4.45. The highest BCUT2D eigenvalue weighted by molar-refractivity contribution is 5.97. The van der Waals surface area contributed by atoms with E-state index in [2.05, 4.69) is 36.2 Å². The van der Waals surface area contributed by atoms with Crippen LogP contribution >= 0.6 is 0 Å². The molecule has 3 rings (SSSR count). The van der Waals surface area contributed by atoms with Gasteiger partial charge in [0.2, 0.25) is 17.8 Å². The number of fused-ring (bicyclic) bond motifs is 1. The molecule has 0 fully saturated rings. The molecule has 16 nitrogen and oxygen atoms in total. The second-order valence-electron chi connectivity index (χ2n) is 12.8. The van der Waals surface area contributed by atoms with Crippen LogP contribution in [0.2, 0.25) is 0 Å². The molecule has 0 aromatic carbocycles. The summed E-state index contributed by atoms with van der Waals surface area (Å²) < 4.78 is 25.7. The van der Waals surface area contributed by atoms with E-state index < -0.39 is 63.8 Å². The molecule has 2 amide bonds. The standard InChI is InChI=1S/C29H41FN8O8/c1-15(39)33-26-36-22-20(24(42)37-26)38(8)29(44,14-32-22)13-31-18-11-9-16(21(30)35-18)23(41)34-17(25(43)46-28(5,6)7)10-12-19(40)45-27(2,3)4/h9,11,17,44H,10,12-14H2,1-8H3,(H,31,35)(H,34,41)(H3,32,33,36,37,39,42)/t17-,29?/m0/s1. The van der Waals surface area contributed by atoms with Gasteiger partial charge in [-0.2, -0.15) is 9.37 Å². The van der Waals surface area contributed by atoms with Crippen LogP contribution in [0.4, 0.5) is 27.7 Å². The highest BCUT2D eigenvalue weighted by Crippen LogP contribution is 2.30. The number of hydrogen-bond acceptors (Lipinski definition) is 13. The average molecular weight is 649 g/mol. The molecule has 252 valence electrons. The van der Waals surface area contributed by atoms with Crippen molar-refractivity contribution in [1.82, 2.24) is 20.3 Å². The molecule has 46 heavy (non-hydrogen) atoms. The van der Waals surface area contributed by atoms with Crippen molar-refractivity contribution in [3.63, 3.8) is 0 Å². The van der Waals surface area contributed by atoms with Gasteiger partial charge in [-0.25, -0.2) is 9.78 Å². The Kier molecular flexibility index (Phi) is 10.6. The number of amides is 2. The van der Waals surface area contributed by atoms with Crippen LogP contribution in [-0.4, -0.2) is 86.9 Å². The number of ether oxygens (including phenoxy) is 2. The number of anilines is 4. The number of pyridine rings is 1. The molecule has 1 aliphatic rings. The molecule has 3 heterocycles. The normalized spacial score (nSPS) is 16.8. The Morgan fingerprint density at radius 1 is 1.11 bits per heavy atom. The van der Waals surface area contributed by atoms with Crippen molar-refractivity contribution in [2.75, 3.05) is 41.0 Å². The summed E-state index contributed by atoms with van der Waals surface area (Å²) in [4.78, 5) is 73.7. The maximum Gasteiger partial charge on any atom is 0.329 e. The summed E-state index contributed by atoms with van der Waals surface area (Å²) in [6.45, 7) is 10.9. The Morgan fingerprint density at radius 2 is 1.76 bits per heavy atom. The van der Waals surface area contributed by atoms with Gasteiger partial charge in [-0.15, -0.1) is 0 Å². The Labute approximate surface area is 264 Å². The lowest BCUT2D eigenvalue weighted by Gasteiger charge is -2.42. The maximum atomic E-state index is 15.1. The molecule has 0 bridgehead atoms. The van der Waals surface area contributed by atoms with Crippen LogP contribution in [0.1, 0.15) is 71.7 Å². The Bertz CT molecular complexity index is 1550. The van der Waals surface area contributed by atoms with E-state index in [0.29, 0.717) is 0 Å². The molecule has 2 atom stereocenters. The lowest BCUT2D eigenvalue weighted by Crippen LogP contribution is -2.60. The number of halogens is 1. The van der Waals surface area contributed by atoms with Crippen LogP contribution in [-0.2, 0) is 23.9 Å². The van der Waals surface area contributed by atoms with Crippen molar-refractivity contribution in [3.05, 3.63) is 34.0 Å². The highest BCUT2D eigenvalue weighted by atomic mass is 19.1. The van der Waals surface area contributed by atoms with E-state index in [1.807, 2.05) is 0 Å². The summed E-state index contributed by atoms with van der Waals surface area (Å²) in [6.07, 6.45) is -0.361. The molecule has 2 aromatic heterocycles. The van der Waals surface area contributed by atoms with Crippen LogP contribution in [0.25, 0.3) is 0 Å². The molecule has 0 saturated heterocycles. The van der Waals surface area contributed by atoms with Gasteiger partial charge in [0.25, 0.3) is 11.5 Å². The van der Waals surface area contributed by atoms with Crippen LogP contribution in [0.3, 0.4) is 0 Å². The summed E-state index contributed by atoms with van der Waals surface area (Å²) in [7, 11) is 1.46. The van der Waals surface area contributed by atoms with Gasteiger partial charge in [0.1, 0.15) is 28.7 Å². The predicted octanol–water partition coefficient (Wildman–Crippen LogP) is 1.49. The van der Waals surface area contributed by atoms with Crippen molar-refractivity contribution < 1.29 is 38.1 Å². The number of nitrogens with one attached hydrogen (secondary N) is 5. The molecular weight excluding hydrogens is 607 g/mol. The second-order valence-corrected chi connectivity index (χ2v) is 12.8. The molecule has 0 aliphatic carbocycles. The summed E-state index contributed by atoms with van der Waals surface area (Å²) >= 11 is 0. The smallest absolute Gasteiger partial charge is 0.329 e. The van der Waals surface area contributed by atoms with Crippen molar-refractivity contribution in [2.45, 2.75) is 84.3 Å². The number of aliphatic hydroxyl groups is 1. The fourth-order valence-electron chi connectivity index (χ4n) is 4.31. The fourth-order valence-corrected chi connectivity index (χ4v) is 4.31. The summed E-state index contributed by atoms with van der Waals surface area (Å²) in [5.74, 6) is -3.93. The largest absolute Gasteiger partial charge is 0.460 e. The molecule has 2 aromatic rings. The number of H-pyrrole nitrogens is 1. The zero-order chi connectivity index (χ0) is 34.6. The highest BCUT2D eigenvalue weighted by Gasteiger charge is 2.39. The number of carbonyl (C=O) groups excluding carboxylic acids is 4. The van der Waals surface area contributed by atoms with Gasteiger partial charge in [-0.05, 0) is 60.1 Å². The number of carbonyl (C=O) groups is 4. The summed E-state index contributed by atoms with van der Waals surface area (Å²) in [5, 5.41) is 21.7. The SMILES string of the molecule is CC(=O)Nc1nc2c(c(=O)[nH]1)N(C)C(O)(CNc1ccc(C(=O)N[C@@H](CCC(=O)OC(C)(C)C)C(=O)OC(C)(C)C)c(F)n1)CN2. The van der Waals surface area contributed by atoms with Gasteiger partial charge in [0.05, 0.1) is 18.7 Å². The van der Waals surface area contributed by atoms with Gasteiger partial charge < -0.3 is 35.4 Å². The van der Waals surface area contributed by atoms with E-state index in [-0.39, 0.29) is 49.2 Å². The van der Waals surface area contributed by atoms with Crippen LogP contribution in [0, 0.1) is 5.95 Å². The molecule has 0 saturated carbocycles. The minimum absolute atomic E-state index is 0.00187. The minimum Gasteiger partial charge on any atom is -0.460 e. The fraction of sp³-hybridized carbons (Fsp3) is 0.552. The number of nitrogens with zero attached hydrogens (tertiary/aromatic N) is 3. The Morgan fingerprint density at radius 3 is 2.35 bits per heavy atom. The number of aromatic amines is 1. The zero-order valence-electron chi connectivity index (χ0n) is 27.1. The van der Waals surface area contributed by atoms with Crippen molar-refractivity contribution in [1.29, 1.82) is 0 Å². The number of aromatic nitrogens is 3. The number of hydrogen-bond donors (Lipinski definition) is 6. The second kappa shape index (κ2) is 13.7. The first kappa shape index (κ1) is 35.7. The van der Waals surface area contributed by atoms with Crippen LogP contribution in [0.5, 0.6) is 0 Å². The quantitative estimate of drug-likeness (QED) is 0.159. The maximum absolute atomic E-state index is 15.1. The van der Waals surface area contributed by atoms with E-state index in [1.165, 1.54) is 24.9 Å². The van der Waals surface area contributed by atoms with E-state index in [9.17, 15) is 29.1 Å². The van der Waals surface area contributed by atoms with E-state index in [0.717, 1.165) is 6.07 Å². The predicted molar refractivity (Wildman–Crippen MR) is 166 cm³/mol. The lowest BCUT2D eigenvalue weighted by molar-refractivity contribution is -0.158. The van der Waals surface area contributed by atoms with Crippen LogP contribution in [0.15, 0.2) is 16.9 Å². The zero-order valence-corrected chi connectivity index (χ0v) is 27.1. The van der Waals surface area contributed by atoms with Crippen LogP contribution < -0.4 is 31.7 Å². The van der Waals surface area contributed by atoms with Gasteiger partial charge >= 0.3 is 11.9 Å². The number of esters is 2. The topological polar surface area (TPSA) is 217 Å². The molecular formula is C29H41FN8O8. The Balaban J connectivity index is 1.71. The van der Waals surface area contributed by atoms with Gasteiger partial charge in [-0.1, -0.05) is 0 Å².